The summed E-state index contributed by atoms with van der Waals surface area (Å²) in [5.74, 6) is 0. The van der Waals surface area contributed by atoms with Crippen molar-refractivity contribution >= 4 is 37.7 Å². The van der Waals surface area contributed by atoms with Crippen LogP contribution in [0.5, 0.6) is 0 Å². The molecule has 0 bridgehead atoms. The van der Waals surface area contributed by atoms with Crippen LogP contribution in [0.1, 0.15) is 64.8 Å². The van der Waals surface area contributed by atoms with Crippen LogP contribution in [-0.4, -0.2) is 100 Å². The molecule has 0 saturated carbocycles. The van der Waals surface area contributed by atoms with Crippen LogP contribution in [0.15, 0.2) is 36.7 Å². The standard InChI is InChI=1S/2C9H15N2.2C4H8O.Ca/c2*1-3-11(4-2)8-9-6-5-7-10-9;2*1-2-4-5-3-1;/h2*5-7H,3-4,8H2,1-2H3;2*1-4H2;/q2*-1;;;+2. The summed E-state index contributed by atoms with van der Waals surface area (Å²) in [6.45, 7) is 19.1. The molecular formula is C26H46CaN4O2. The van der Waals surface area contributed by atoms with Crippen LogP contribution in [0.3, 0.4) is 0 Å². The predicted octanol–water partition coefficient (Wildman–Crippen LogP) is 4.18. The molecule has 2 aliphatic heterocycles. The molecule has 2 fully saturated rings. The second-order valence-corrected chi connectivity index (χ2v) is 7.82. The Morgan fingerprint density at radius 2 is 0.970 bits per heavy atom. The van der Waals surface area contributed by atoms with E-state index in [0.29, 0.717) is 0 Å². The Kier molecular flexibility index (Phi) is 23.2. The Morgan fingerprint density at radius 1 is 0.636 bits per heavy atom. The molecule has 4 rings (SSSR count). The van der Waals surface area contributed by atoms with E-state index in [9.17, 15) is 0 Å². The van der Waals surface area contributed by atoms with Crippen molar-refractivity contribution in [3.63, 3.8) is 0 Å². The van der Waals surface area contributed by atoms with Crippen molar-refractivity contribution < 1.29 is 9.47 Å². The van der Waals surface area contributed by atoms with E-state index in [1.54, 1.807) is 0 Å². The van der Waals surface area contributed by atoms with Crippen molar-refractivity contribution in [3.05, 3.63) is 48.0 Å². The van der Waals surface area contributed by atoms with Gasteiger partial charge in [-0.15, -0.1) is 11.4 Å². The molecule has 2 aromatic heterocycles. The zero-order chi connectivity index (χ0) is 23.3. The van der Waals surface area contributed by atoms with E-state index in [1.807, 2.05) is 24.5 Å². The van der Waals surface area contributed by atoms with Gasteiger partial charge in [0.2, 0.25) is 0 Å². The predicted molar refractivity (Wildman–Crippen MR) is 139 cm³/mol. The third-order valence-electron chi connectivity index (χ3n) is 5.44. The first-order chi connectivity index (χ1) is 15.7. The molecule has 0 unspecified atom stereocenters. The van der Waals surface area contributed by atoms with E-state index < -0.39 is 0 Å². The first-order valence-electron chi connectivity index (χ1n) is 12.5. The fourth-order valence-corrected chi connectivity index (χ4v) is 3.23. The Bertz CT molecular complexity index is 522. The van der Waals surface area contributed by atoms with E-state index in [2.05, 4.69) is 59.6 Å². The smallest absolute Gasteiger partial charge is 0.667 e. The van der Waals surface area contributed by atoms with Crippen LogP contribution in [0.25, 0.3) is 0 Å². The van der Waals surface area contributed by atoms with E-state index in [-0.39, 0.29) is 37.7 Å². The average molecular weight is 487 g/mol. The van der Waals surface area contributed by atoms with Gasteiger partial charge in [0.05, 0.1) is 0 Å². The van der Waals surface area contributed by atoms with Crippen LogP contribution in [0.4, 0.5) is 0 Å². The monoisotopic (exact) mass is 486 g/mol. The maximum absolute atomic E-state index is 4.94. The molecule has 0 amide bonds. The molecule has 2 aliphatic rings. The Morgan fingerprint density at radius 3 is 1.15 bits per heavy atom. The minimum Gasteiger partial charge on any atom is -0.667 e. The molecule has 2 saturated heterocycles. The van der Waals surface area contributed by atoms with Gasteiger partial charge in [0.1, 0.15) is 0 Å². The third kappa shape index (κ3) is 17.7. The topological polar surface area (TPSA) is 53.1 Å². The van der Waals surface area contributed by atoms with Gasteiger partial charge in [-0.2, -0.15) is 12.4 Å². The average Bonchev–Trinajstić information content (AvgIpc) is 3.65. The van der Waals surface area contributed by atoms with Crippen LogP contribution in [0.2, 0.25) is 0 Å². The largest absolute Gasteiger partial charge is 2.00 e. The van der Waals surface area contributed by atoms with E-state index >= 15 is 0 Å². The normalized spacial score (nSPS) is 14.5. The molecule has 33 heavy (non-hydrogen) atoms. The summed E-state index contributed by atoms with van der Waals surface area (Å²) in [4.78, 5) is 13.1. The van der Waals surface area contributed by atoms with Crippen LogP contribution < -0.4 is 9.97 Å². The minimum atomic E-state index is 0. The number of nitrogens with zero attached hydrogens (tertiary/aromatic N) is 4. The second kappa shape index (κ2) is 23.4. The fraction of sp³-hybridized carbons (Fsp3) is 0.692. The number of aromatic nitrogens is 2. The van der Waals surface area contributed by atoms with E-state index in [0.717, 1.165) is 65.7 Å². The molecule has 0 radical (unpaired) electrons. The molecule has 184 valence electrons. The van der Waals surface area contributed by atoms with Crippen LogP contribution in [0, 0.1) is 0 Å². The maximum atomic E-state index is 4.94. The van der Waals surface area contributed by atoms with Crippen molar-refractivity contribution in [1.29, 1.82) is 0 Å². The number of hydrogen-bond acceptors (Lipinski definition) is 4. The van der Waals surface area contributed by atoms with Gasteiger partial charge in [-0.1, -0.05) is 52.0 Å². The first kappa shape index (κ1) is 32.7. The molecule has 0 N–H and O–H groups in total. The van der Waals surface area contributed by atoms with Crippen LogP contribution in [-0.2, 0) is 22.6 Å². The Balaban J connectivity index is 0.000000434. The van der Waals surface area contributed by atoms with Crippen molar-refractivity contribution in [2.75, 3.05) is 52.6 Å². The van der Waals surface area contributed by atoms with Gasteiger partial charge in [0.25, 0.3) is 0 Å². The minimum absolute atomic E-state index is 0. The summed E-state index contributed by atoms with van der Waals surface area (Å²) in [7, 11) is 0. The number of hydrogen-bond donors (Lipinski definition) is 0. The van der Waals surface area contributed by atoms with Gasteiger partial charge in [-0.05, 0) is 51.9 Å². The summed E-state index contributed by atoms with van der Waals surface area (Å²) in [5.41, 5.74) is 2.35. The summed E-state index contributed by atoms with van der Waals surface area (Å²) < 4.78 is 9.89. The van der Waals surface area contributed by atoms with Crippen molar-refractivity contribution in [1.82, 2.24) is 19.8 Å². The van der Waals surface area contributed by atoms with Crippen LogP contribution >= 0.6 is 0 Å². The van der Waals surface area contributed by atoms with Gasteiger partial charge in [-0.25, -0.2) is 0 Å². The van der Waals surface area contributed by atoms with Crippen molar-refractivity contribution in [2.45, 2.75) is 66.5 Å². The molecule has 0 aromatic carbocycles. The van der Waals surface area contributed by atoms with Gasteiger partial charge < -0.3 is 29.2 Å². The van der Waals surface area contributed by atoms with Gasteiger partial charge >= 0.3 is 37.7 Å². The summed E-state index contributed by atoms with van der Waals surface area (Å²) >= 11 is 0. The molecule has 7 heteroatoms. The summed E-state index contributed by atoms with van der Waals surface area (Å²) in [6.07, 6.45) is 8.80. The SMILES string of the molecule is C1CCOC1.C1CCOC1.CCN(CC)Cc1ccc[n-]1.CCN(CC)Cc1ccc[n-]1.[Ca+2]. The quantitative estimate of drug-likeness (QED) is 0.522. The van der Waals surface area contributed by atoms with Gasteiger partial charge in [0, 0.05) is 39.5 Å². The summed E-state index contributed by atoms with van der Waals surface area (Å²) in [5, 5.41) is 0. The third-order valence-corrected chi connectivity index (χ3v) is 5.44. The van der Waals surface area contributed by atoms with E-state index in [1.165, 1.54) is 37.1 Å². The zero-order valence-corrected chi connectivity index (χ0v) is 23.9. The molecule has 0 spiro atoms. The second-order valence-electron chi connectivity index (χ2n) is 7.82. The molecule has 6 nitrogen and oxygen atoms in total. The maximum Gasteiger partial charge on any atom is 2.00 e. The molecular weight excluding hydrogens is 440 g/mol. The molecule has 2 aromatic rings. The van der Waals surface area contributed by atoms with Crippen molar-refractivity contribution in [2.24, 2.45) is 0 Å². The van der Waals surface area contributed by atoms with Gasteiger partial charge in [0.15, 0.2) is 0 Å². The molecule has 0 aliphatic carbocycles. The number of ether oxygens (including phenoxy) is 2. The van der Waals surface area contributed by atoms with Gasteiger partial charge in [-0.3, -0.25) is 0 Å². The summed E-state index contributed by atoms with van der Waals surface area (Å²) in [6, 6.07) is 8.11. The Hall–Kier alpha value is -0.340. The zero-order valence-electron chi connectivity index (χ0n) is 21.7. The first-order valence-corrected chi connectivity index (χ1v) is 12.5. The molecule has 4 heterocycles. The Labute approximate surface area is 232 Å². The number of rotatable bonds is 8. The molecule has 0 atom stereocenters. The van der Waals surface area contributed by atoms with E-state index in [4.69, 9.17) is 9.47 Å². The fourth-order valence-electron chi connectivity index (χ4n) is 3.23. The van der Waals surface area contributed by atoms with Crippen molar-refractivity contribution in [3.8, 4) is 0 Å².